The zero-order chi connectivity index (χ0) is 60.5. The van der Waals surface area contributed by atoms with E-state index in [1.54, 1.807) is 0 Å². The molecule has 9 heteroatoms. The summed E-state index contributed by atoms with van der Waals surface area (Å²) in [6, 6.07) is 0. The van der Waals surface area contributed by atoms with Crippen molar-refractivity contribution in [1.29, 1.82) is 0 Å². The third kappa shape index (κ3) is 64.1. The van der Waals surface area contributed by atoms with E-state index in [2.05, 4.69) is 184 Å². The molecule has 2 atom stereocenters. The molecule has 2 unspecified atom stereocenters. The van der Waals surface area contributed by atoms with E-state index < -0.39 is 24.3 Å². The number of nitrogens with zero attached hydrogens (tertiary/aromatic N) is 1. The molecule has 0 rings (SSSR count). The molecule has 1 N–H and O–H groups in total. The highest BCUT2D eigenvalue weighted by Crippen LogP contribution is 2.13. The Morgan fingerprint density at radius 1 is 0.373 bits per heavy atom. The van der Waals surface area contributed by atoms with Gasteiger partial charge in [-0.05, 0) is 135 Å². The fourth-order valence-electron chi connectivity index (χ4n) is 8.02. The van der Waals surface area contributed by atoms with Crippen LogP contribution in [0.5, 0.6) is 0 Å². The number of rotatable bonds is 57. The lowest BCUT2D eigenvalue weighted by molar-refractivity contribution is -0.870. The molecule has 0 aliphatic heterocycles. The highest BCUT2D eigenvalue weighted by molar-refractivity contribution is 5.71. The lowest BCUT2D eigenvalue weighted by atomic mass is 10.1. The molecule has 0 amide bonds. The van der Waals surface area contributed by atoms with E-state index in [0.29, 0.717) is 17.4 Å². The summed E-state index contributed by atoms with van der Waals surface area (Å²) in [5, 5.41) is 9.72. The third-order valence-corrected chi connectivity index (χ3v) is 13.0. The highest BCUT2D eigenvalue weighted by Gasteiger charge is 2.25. The van der Waals surface area contributed by atoms with E-state index in [1.165, 1.54) is 32.1 Å². The van der Waals surface area contributed by atoms with Gasteiger partial charge in [0.25, 0.3) is 6.29 Å². The molecule has 0 saturated heterocycles. The van der Waals surface area contributed by atoms with Gasteiger partial charge in [-0.2, -0.15) is 0 Å². The fraction of sp³-hybridized carbons (Fsp3) is 0.581. The molecule has 83 heavy (non-hydrogen) atoms. The van der Waals surface area contributed by atoms with Crippen LogP contribution in [-0.4, -0.2) is 87.4 Å². The smallest absolute Gasteiger partial charge is 0.361 e. The van der Waals surface area contributed by atoms with Gasteiger partial charge in [0.1, 0.15) is 13.2 Å². The van der Waals surface area contributed by atoms with E-state index in [9.17, 15) is 19.5 Å². The summed E-state index contributed by atoms with van der Waals surface area (Å²) in [5.41, 5.74) is 0. The largest absolute Gasteiger partial charge is 0.477 e. The van der Waals surface area contributed by atoms with Crippen LogP contribution in [0.4, 0.5) is 0 Å². The minimum absolute atomic E-state index is 0.172. The van der Waals surface area contributed by atoms with E-state index >= 15 is 0 Å². The summed E-state index contributed by atoms with van der Waals surface area (Å²) in [7, 11) is 5.94. The maximum atomic E-state index is 12.9. The van der Waals surface area contributed by atoms with E-state index in [4.69, 9.17) is 18.9 Å². The molecular weight excluding hydrogens is 1030 g/mol. The van der Waals surface area contributed by atoms with Crippen LogP contribution >= 0.6 is 0 Å². The van der Waals surface area contributed by atoms with Crippen LogP contribution in [0.1, 0.15) is 219 Å². The minimum atomic E-state index is -1.53. The summed E-state index contributed by atoms with van der Waals surface area (Å²) in [4.78, 5) is 37.5. The zero-order valence-corrected chi connectivity index (χ0v) is 53.0. The molecule has 0 fully saturated rings. The number of esters is 2. The van der Waals surface area contributed by atoms with Crippen molar-refractivity contribution in [2.45, 2.75) is 232 Å². The molecular formula is C74H118NO8+. The molecule has 9 nitrogen and oxygen atoms in total. The van der Waals surface area contributed by atoms with Crippen LogP contribution in [0.3, 0.4) is 0 Å². The fourth-order valence-corrected chi connectivity index (χ4v) is 8.02. The van der Waals surface area contributed by atoms with Gasteiger partial charge in [-0.1, -0.05) is 242 Å². The molecule has 0 aromatic rings. The quantitative estimate of drug-likeness (QED) is 0.0211. The highest BCUT2D eigenvalue weighted by atomic mass is 16.7. The van der Waals surface area contributed by atoms with Gasteiger partial charge in [-0.3, -0.25) is 9.59 Å². The average molecular weight is 1150 g/mol. The second-order valence-corrected chi connectivity index (χ2v) is 22.0. The van der Waals surface area contributed by atoms with Gasteiger partial charge in [0, 0.05) is 12.8 Å². The molecule has 466 valence electrons. The number of quaternary nitrogens is 1. The predicted octanol–water partition coefficient (Wildman–Crippen LogP) is 19.9. The number of carboxylic acids is 1. The van der Waals surface area contributed by atoms with Crippen LogP contribution in [-0.2, 0) is 33.3 Å². The van der Waals surface area contributed by atoms with Gasteiger partial charge >= 0.3 is 17.9 Å². The van der Waals surface area contributed by atoms with Crippen LogP contribution in [0.15, 0.2) is 170 Å². The Kier molecular flexibility index (Phi) is 58.6. The minimum Gasteiger partial charge on any atom is -0.477 e. The number of hydrogen-bond acceptors (Lipinski definition) is 7. The number of hydrogen-bond donors (Lipinski definition) is 1. The van der Waals surface area contributed by atoms with Gasteiger partial charge in [0.15, 0.2) is 6.10 Å². The third-order valence-electron chi connectivity index (χ3n) is 13.0. The molecule has 0 saturated carbocycles. The number of carbonyl (C=O) groups is 3. The molecule has 0 aromatic carbocycles. The normalized spacial score (nSPS) is 13.9. The van der Waals surface area contributed by atoms with E-state index in [-0.39, 0.29) is 38.6 Å². The van der Waals surface area contributed by atoms with Crippen LogP contribution in [0.25, 0.3) is 0 Å². The van der Waals surface area contributed by atoms with E-state index in [1.807, 2.05) is 21.1 Å². The van der Waals surface area contributed by atoms with Crippen LogP contribution in [0.2, 0.25) is 0 Å². The first kappa shape index (κ1) is 77.7. The van der Waals surface area contributed by atoms with Crippen molar-refractivity contribution in [2.75, 3.05) is 47.5 Å². The zero-order valence-electron chi connectivity index (χ0n) is 53.0. The predicted molar refractivity (Wildman–Crippen MR) is 354 cm³/mol. The van der Waals surface area contributed by atoms with E-state index in [0.717, 1.165) is 154 Å². The topological polar surface area (TPSA) is 108 Å². The van der Waals surface area contributed by atoms with Crippen molar-refractivity contribution >= 4 is 17.9 Å². The van der Waals surface area contributed by atoms with Crippen molar-refractivity contribution in [2.24, 2.45) is 0 Å². The molecule has 0 aliphatic rings. The first-order valence-corrected chi connectivity index (χ1v) is 32.3. The first-order valence-electron chi connectivity index (χ1n) is 32.3. The van der Waals surface area contributed by atoms with Gasteiger partial charge in [0.2, 0.25) is 0 Å². The lowest BCUT2D eigenvalue weighted by Crippen LogP contribution is -2.40. The second kappa shape index (κ2) is 62.7. The van der Waals surface area contributed by atoms with Crippen molar-refractivity contribution < 1.29 is 42.9 Å². The standard InChI is InChI=1S/C74H117NO8/c1-6-8-10-12-14-16-18-20-22-24-26-27-28-29-30-31-32-33-34-35-36-37-38-39-40-41-42-43-44-45-47-49-51-53-55-57-59-61-63-65-72(77)83-70(69-82-74(73(78)79)80-67-66-75(3,4)5)68-81-71(76)64-62-60-58-56-54-52-50-48-46-25-23-21-19-17-15-13-11-9-7-2/h8,10,14-17,20-23,26-27,29-30,32-33,35-36,38-39,41-42,44-46,48-49,51,70,74H,6-7,9,11-13,18-19,24-25,28,31,34,37,40,43,47,50,52-69H2,1-5H3/p+1/b10-8-,16-14-,17-15-,22-20-,23-21-,27-26-,30-29-,33-32-,36-35-,39-38-,42-41-,45-44-,48-46-,51-49-. The number of carbonyl (C=O) groups excluding carboxylic acids is 2. The summed E-state index contributed by atoms with van der Waals surface area (Å²) < 4.78 is 22.9. The lowest BCUT2D eigenvalue weighted by Gasteiger charge is -2.25. The Bertz CT molecular complexity index is 1960. The van der Waals surface area contributed by atoms with Gasteiger partial charge in [-0.15, -0.1) is 0 Å². The average Bonchev–Trinajstić information content (AvgIpc) is 3.46. The van der Waals surface area contributed by atoms with Gasteiger partial charge < -0.3 is 28.5 Å². The molecule has 0 aliphatic carbocycles. The Labute approximate surface area is 507 Å². The summed E-state index contributed by atoms with van der Waals surface area (Å²) in [5.74, 6) is -2.07. The van der Waals surface area contributed by atoms with Crippen molar-refractivity contribution in [3.8, 4) is 0 Å². The van der Waals surface area contributed by atoms with Crippen LogP contribution < -0.4 is 0 Å². The second-order valence-electron chi connectivity index (χ2n) is 22.0. The number of aliphatic carboxylic acids is 1. The monoisotopic (exact) mass is 1150 g/mol. The summed E-state index contributed by atoms with van der Waals surface area (Å²) in [6.07, 6.45) is 91.6. The molecule has 0 spiro atoms. The number of unbranched alkanes of at least 4 members (excludes halogenated alkanes) is 14. The first-order chi connectivity index (χ1) is 40.6. The number of allylic oxidation sites excluding steroid dienone is 28. The Morgan fingerprint density at radius 3 is 1.02 bits per heavy atom. The van der Waals surface area contributed by atoms with Crippen LogP contribution in [0, 0.1) is 0 Å². The molecule has 0 bridgehead atoms. The van der Waals surface area contributed by atoms with Crippen molar-refractivity contribution in [3.63, 3.8) is 0 Å². The Hall–Kier alpha value is -5.35. The maximum absolute atomic E-state index is 12.9. The van der Waals surface area contributed by atoms with Gasteiger partial charge in [-0.25, -0.2) is 4.79 Å². The maximum Gasteiger partial charge on any atom is 0.361 e. The Balaban J connectivity index is 4.28. The Morgan fingerprint density at radius 2 is 0.687 bits per heavy atom. The SMILES string of the molecule is CC/C=C\C/C=C\C/C=C\C/C=C\C/C=C\C/C=C\C/C=C\C/C=C\C/C=C\C/C=C\C/C=C\CCCCCCCC(=O)OC(COC(=O)CCCCCCCC/C=C\C/C=C\C/C=C\CCCCC)COC(OCC[N+](C)(C)C)C(=O)O. The summed E-state index contributed by atoms with van der Waals surface area (Å²) in [6.45, 7) is 4.67. The molecule has 0 aromatic heterocycles. The van der Waals surface area contributed by atoms with Gasteiger partial charge in [0.05, 0.1) is 34.4 Å². The van der Waals surface area contributed by atoms with Crippen molar-refractivity contribution in [3.05, 3.63) is 170 Å². The molecule has 0 radical (unpaired) electrons. The summed E-state index contributed by atoms with van der Waals surface area (Å²) >= 11 is 0. The molecule has 0 heterocycles. The number of ether oxygens (including phenoxy) is 4. The number of carboxylic acid groups (broad SMARTS) is 1. The van der Waals surface area contributed by atoms with Crippen molar-refractivity contribution in [1.82, 2.24) is 0 Å². The number of likely N-dealkylation sites (N-methyl/N-ethyl adjacent to an activating group) is 1.